The van der Waals surface area contributed by atoms with Crippen LogP contribution in [0.1, 0.15) is 48.3 Å². The van der Waals surface area contributed by atoms with Crippen molar-refractivity contribution in [1.82, 2.24) is 30.0 Å². The largest absolute Gasteiger partial charge is 0.459 e. The Hall–Kier alpha value is -3.07. The maximum absolute atomic E-state index is 13.2. The Labute approximate surface area is 180 Å². The first-order valence-corrected chi connectivity index (χ1v) is 10.6. The van der Waals surface area contributed by atoms with Gasteiger partial charge >= 0.3 is 0 Å². The molecule has 31 heavy (non-hydrogen) atoms. The molecule has 164 valence electrons. The van der Waals surface area contributed by atoms with Crippen LogP contribution in [0.5, 0.6) is 0 Å². The van der Waals surface area contributed by atoms with Gasteiger partial charge in [0, 0.05) is 26.2 Å². The van der Waals surface area contributed by atoms with Crippen molar-refractivity contribution in [2.45, 2.75) is 32.9 Å². The van der Waals surface area contributed by atoms with E-state index in [1.165, 1.54) is 18.4 Å². The Morgan fingerprint density at radius 2 is 1.87 bits per heavy atom. The fraction of sp³-hybridized carbons (Fsp3) is 0.455. The van der Waals surface area contributed by atoms with Gasteiger partial charge in [0.1, 0.15) is 5.82 Å². The maximum atomic E-state index is 13.2. The van der Waals surface area contributed by atoms with Crippen LogP contribution < -0.4 is 0 Å². The number of nitrogens with zero attached hydrogens (tertiary/aromatic N) is 6. The molecular formula is C22H27FN6O2. The monoisotopic (exact) mass is 426 g/mol. The normalized spacial score (nSPS) is 16.1. The van der Waals surface area contributed by atoms with E-state index in [9.17, 15) is 9.18 Å². The summed E-state index contributed by atoms with van der Waals surface area (Å²) in [7, 11) is 0. The highest BCUT2D eigenvalue weighted by atomic mass is 19.1. The van der Waals surface area contributed by atoms with E-state index in [4.69, 9.17) is 4.42 Å². The molecule has 9 heteroatoms. The van der Waals surface area contributed by atoms with Crippen molar-refractivity contribution in [2.75, 3.05) is 26.2 Å². The number of amides is 1. The summed E-state index contributed by atoms with van der Waals surface area (Å²) in [5, 5.41) is 12.5. The highest BCUT2D eigenvalue weighted by molar-refractivity contribution is 5.91. The van der Waals surface area contributed by atoms with Crippen molar-refractivity contribution in [3.8, 4) is 0 Å². The van der Waals surface area contributed by atoms with Crippen LogP contribution in [0.25, 0.3) is 0 Å². The van der Waals surface area contributed by atoms with Crippen molar-refractivity contribution >= 4 is 5.91 Å². The summed E-state index contributed by atoms with van der Waals surface area (Å²) in [5.74, 6) is 1.27. The molecule has 3 heterocycles. The third kappa shape index (κ3) is 4.99. The molecule has 1 aliphatic rings. The summed E-state index contributed by atoms with van der Waals surface area (Å²) in [5.41, 5.74) is 0.937. The van der Waals surface area contributed by atoms with Crippen LogP contribution in [0, 0.1) is 11.7 Å². The lowest BCUT2D eigenvalue weighted by Crippen LogP contribution is -2.50. The Bertz CT molecular complexity index is 978. The van der Waals surface area contributed by atoms with E-state index in [0.717, 1.165) is 30.9 Å². The molecule has 1 amide bonds. The summed E-state index contributed by atoms with van der Waals surface area (Å²) in [6.45, 7) is 7.53. The Kier molecular flexibility index (Phi) is 6.41. The molecule has 0 N–H and O–H groups in total. The first-order valence-electron chi connectivity index (χ1n) is 10.6. The Morgan fingerprint density at radius 3 is 2.52 bits per heavy atom. The van der Waals surface area contributed by atoms with Crippen LogP contribution in [-0.4, -0.2) is 62.1 Å². The van der Waals surface area contributed by atoms with E-state index in [1.54, 1.807) is 28.9 Å². The molecular weight excluding hydrogens is 399 g/mol. The van der Waals surface area contributed by atoms with Crippen LogP contribution in [0.3, 0.4) is 0 Å². The molecule has 0 saturated carbocycles. The first-order chi connectivity index (χ1) is 15.0. The number of aromatic nitrogens is 4. The van der Waals surface area contributed by atoms with E-state index < -0.39 is 0 Å². The van der Waals surface area contributed by atoms with Gasteiger partial charge in [-0.25, -0.2) is 9.07 Å². The fourth-order valence-corrected chi connectivity index (χ4v) is 3.98. The molecule has 8 nitrogen and oxygen atoms in total. The molecule has 0 bridgehead atoms. The summed E-state index contributed by atoms with van der Waals surface area (Å²) in [4.78, 5) is 16.7. The molecule has 1 atom stereocenters. The molecule has 4 rings (SSSR count). The van der Waals surface area contributed by atoms with E-state index in [0.29, 0.717) is 31.3 Å². The average molecular weight is 426 g/mol. The SMILES string of the molecule is CC(C)CC(c1nnnn1Cc1ccc(F)cc1)N1CCN(C(=O)c2ccco2)CC1. The summed E-state index contributed by atoms with van der Waals surface area (Å²) >= 11 is 0. The molecule has 1 unspecified atom stereocenters. The number of benzene rings is 1. The summed E-state index contributed by atoms with van der Waals surface area (Å²) in [6, 6.07) is 9.84. The standard InChI is InChI=1S/C22H27FN6O2/c1-16(2)14-19(21-24-25-26-29(21)15-17-5-7-18(23)8-6-17)27-9-11-28(12-10-27)22(30)20-4-3-13-31-20/h3-8,13,16,19H,9-12,14-15H2,1-2H3. The van der Waals surface area contributed by atoms with Crippen LogP contribution in [0.4, 0.5) is 4.39 Å². The van der Waals surface area contributed by atoms with Gasteiger partial charge in [-0.1, -0.05) is 26.0 Å². The summed E-state index contributed by atoms with van der Waals surface area (Å²) < 4.78 is 20.3. The van der Waals surface area contributed by atoms with Crippen molar-refractivity contribution in [1.29, 1.82) is 0 Å². The molecule has 1 fully saturated rings. The second kappa shape index (κ2) is 9.38. The minimum atomic E-state index is -0.264. The zero-order chi connectivity index (χ0) is 21.8. The van der Waals surface area contributed by atoms with Gasteiger partial charge in [-0.05, 0) is 52.6 Å². The molecule has 0 spiro atoms. The van der Waals surface area contributed by atoms with Gasteiger partial charge in [0.25, 0.3) is 5.91 Å². The van der Waals surface area contributed by atoms with Crippen LogP contribution in [0.2, 0.25) is 0 Å². The van der Waals surface area contributed by atoms with Crippen molar-refractivity contribution < 1.29 is 13.6 Å². The Morgan fingerprint density at radius 1 is 1.13 bits per heavy atom. The third-order valence-electron chi connectivity index (χ3n) is 5.57. The number of hydrogen-bond acceptors (Lipinski definition) is 6. The molecule has 3 aromatic rings. The minimum absolute atomic E-state index is 0.0383. The second-order valence-electron chi connectivity index (χ2n) is 8.27. The molecule has 1 saturated heterocycles. The van der Waals surface area contributed by atoms with E-state index in [1.807, 2.05) is 4.90 Å². The summed E-state index contributed by atoms with van der Waals surface area (Å²) in [6.07, 6.45) is 2.42. The van der Waals surface area contributed by atoms with Gasteiger partial charge in [0.2, 0.25) is 0 Å². The number of hydrogen-bond donors (Lipinski definition) is 0. The number of furan rings is 1. The zero-order valence-electron chi connectivity index (χ0n) is 17.8. The van der Waals surface area contributed by atoms with Gasteiger partial charge < -0.3 is 9.32 Å². The number of tetrazole rings is 1. The molecule has 0 radical (unpaired) electrons. The lowest BCUT2D eigenvalue weighted by molar-refractivity contribution is 0.0500. The van der Waals surface area contributed by atoms with Gasteiger partial charge in [-0.3, -0.25) is 9.69 Å². The number of piperazine rings is 1. The Balaban J connectivity index is 1.48. The van der Waals surface area contributed by atoms with Gasteiger partial charge in [0.05, 0.1) is 18.8 Å². The second-order valence-corrected chi connectivity index (χ2v) is 8.27. The van der Waals surface area contributed by atoms with Gasteiger partial charge in [-0.2, -0.15) is 0 Å². The van der Waals surface area contributed by atoms with Crippen LogP contribution in [0.15, 0.2) is 47.1 Å². The minimum Gasteiger partial charge on any atom is -0.459 e. The molecule has 1 aromatic carbocycles. The first kappa shape index (κ1) is 21.2. The average Bonchev–Trinajstić information content (AvgIpc) is 3.46. The highest BCUT2D eigenvalue weighted by Crippen LogP contribution is 2.28. The van der Waals surface area contributed by atoms with Gasteiger partial charge in [-0.15, -0.1) is 5.10 Å². The molecule has 1 aliphatic heterocycles. The van der Waals surface area contributed by atoms with E-state index in [2.05, 4.69) is 34.3 Å². The zero-order valence-corrected chi connectivity index (χ0v) is 17.8. The number of carbonyl (C=O) groups is 1. The highest BCUT2D eigenvalue weighted by Gasteiger charge is 2.31. The molecule has 0 aliphatic carbocycles. The number of halogens is 1. The van der Waals surface area contributed by atoms with Crippen LogP contribution >= 0.6 is 0 Å². The molecule has 2 aromatic heterocycles. The maximum Gasteiger partial charge on any atom is 0.289 e. The van der Waals surface area contributed by atoms with E-state index in [-0.39, 0.29) is 17.8 Å². The van der Waals surface area contributed by atoms with Crippen molar-refractivity contribution in [3.05, 3.63) is 65.6 Å². The van der Waals surface area contributed by atoms with Crippen molar-refractivity contribution in [2.24, 2.45) is 5.92 Å². The predicted molar refractivity (Wildman–Crippen MR) is 112 cm³/mol. The lowest BCUT2D eigenvalue weighted by atomic mass is 10.0. The quantitative estimate of drug-likeness (QED) is 0.578. The fourth-order valence-electron chi connectivity index (χ4n) is 3.98. The van der Waals surface area contributed by atoms with Gasteiger partial charge in [0.15, 0.2) is 11.6 Å². The third-order valence-corrected chi connectivity index (χ3v) is 5.57. The predicted octanol–water partition coefficient (Wildman–Crippen LogP) is 3.00. The lowest BCUT2D eigenvalue weighted by Gasteiger charge is -2.39. The smallest absolute Gasteiger partial charge is 0.289 e. The van der Waals surface area contributed by atoms with E-state index >= 15 is 0 Å². The number of carbonyl (C=O) groups excluding carboxylic acids is 1. The number of rotatable bonds is 7. The topological polar surface area (TPSA) is 80.3 Å². The van der Waals surface area contributed by atoms with Crippen molar-refractivity contribution in [3.63, 3.8) is 0 Å². The van der Waals surface area contributed by atoms with Crippen LogP contribution in [-0.2, 0) is 6.54 Å².